The van der Waals surface area contributed by atoms with Crippen molar-refractivity contribution in [3.05, 3.63) is 60.0 Å². The fourth-order valence-electron chi connectivity index (χ4n) is 2.31. The maximum Gasteiger partial charge on any atom is 0.255 e. The van der Waals surface area contributed by atoms with Crippen molar-refractivity contribution in [3.8, 4) is 5.75 Å². The molecule has 0 saturated heterocycles. The second-order valence-corrected chi connectivity index (χ2v) is 5.56. The number of carbonyl (C=O) groups excluding carboxylic acids is 2. The third-order valence-corrected chi connectivity index (χ3v) is 3.45. The number of hydrogen-bond donors (Lipinski definition) is 2. The number of hydrogen-bond acceptors (Lipinski definition) is 5. The zero-order valence-corrected chi connectivity index (χ0v) is 14.1. The van der Waals surface area contributed by atoms with E-state index in [-0.39, 0.29) is 12.5 Å². The number of primary amides is 1. The lowest BCUT2D eigenvalue weighted by atomic mass is 10.2. The topological polar surface area (TPSA) is 107 Å². The van der Waals surface area contributed by atoms with Crippen LogP contribution in [-0.4, -0.2) is 23.4 Å². The van der Waals surface area contributed by atoms with Crippen molar-refractivity contribution in [2.75, 3.05) is 11.9 Å². The van der Waals surface area contributed by atoms with E-state index in [0.29, 0.717) is 28.4 Å². The average molecular weight is 351 g/mol. The molecule has 3 aromatic rings. The Bertz CT molecular complexity index is 974. The van der Waals surface area contributed by atoms with Crippen molar-refractivity contribution in [3.63, 3.8) is 0 Å². The number of carbonyl (C=O) groups is 2. The minimum absolute atomic E-state index is 0.174. The molecule has 0 unspecified atom stereocenters. The third kappa shape index (κ3) is 4.47. The molecule has 0 saturated carbocycles. The monoisotopic (exact) mass is 351 g/mol. The molecule has 0 spiro atoms. The summed E-state index contributed by atoms with van der Waals surface area (Å²) in [6.07, 6.45) is 3.10. The summed E-state index contributed by atoms with van der Waals surface area (Å²) >= 11 is 0. The number of aryl methyl sites for hydroxylation is 1. The Kier molecular flexibility index (Phi) is 4.98. The molecule has 3 N–H and O–H groups in total. The highest BCUT2D eigenvalue weighted by molar-refractivity contribution is 6.02. The molecule has 0 radical (unpaired) electrons. The molecule has 0 atom stereocenters. The van der Waals surface area contributed by atoms with Crippen LogP contribution in [0.5, 0.6) is 5.75 Å². The molecule has 3 rings (SSSR count). The van der Waals surface area contributed by atoms with E-state index in [0.717, 1.165) is 5.56 Å². The summed E-state index contributed by atoms with van der Waals surface area (Å²) in [5.74, 6) is 0.302. The van der Waals surface area contributed by atoms with Crippen LogP contribution in [0.2, 0.25) is 0 Å². The average Bonchev–Trinajstić information content (AvgIpc) is 2.98. The normalized spacial score (nSPS) is 11.0. The van der Waals surface area contributed by atoms with E-state index in [2.05, 4.69) is 10.3 Å². The number of nitrogens with zero attached hydrogens (tertiary/aromatic N) is 1. The third-order valence-electron chi connectivity index (χ3n) is 3.45. The van der Waals surface area contributed by atoms with Crippen molar-refractivity contribution in [1.82, 2.24) is 4.98 Å². The lowest BCUT2D eigenvalue weighted by molar-refractivity contribution is -0.120. The highest BCUT2D eigenvalue weighted by Gasteiger charge is 2.04. The first-order chi connectivity index (χ1) is 12.5. The number of amides is 2. The van der Waals surface area contributed by atoms with Crippen LogP contribution in [-0.2, 0) is 9.59 Å². The van der Waals surface area contributed by atoms with Crippen LogP contribution < -0.4 is 15.8 Å². The first-order valence-corrected chi connectivity index (χ1v) is 7.87. The summed E-state index contributed by atoms with van der Waals surface area (Å²) in [4.78, 5) is 27.0. The SMILES string of the molecule is Cc1nc2cc(NC(=O)/C=C/c3ccc(OCC(N)=O)cc3)ccc2o1. The van der Waals surface area contributed by atoms with Gasteiger partial charge < -0.3 is 20.2 Å². The molecular weight excluding hydrogens is 334 g/mol. The van der Waals surface area contributed by atoms with E-state index >= 15 is 0 Å². The van der Waals surface area contributed by atoms with Crippen LogP contribution in [0.3, 0.4) is 0 Å². The number of benzene rings is 2. The zero-order chi connectivity index (χ0) is 18.5. The van der Waals surface area contributed by atoms with Gasteiger partial charge in [-0.1, -0.05) is 12.1 Å². The standard InChI is InChI=1S/C19H17N3O4/c1-12-21-16-10-14(5-8-17(16)26-12)22-19(24)9-4-13-2-6-15(7-3-13)25-11-18(20)23/h2-10H,11H2,1H3,(H2,20,23)(H,22,24)/b9-4+. The van der Waals surface area contributed by atoms with Crippen molar-refractivity contribution < 1.29 is 18.7 Å². The molecule has 2 aromatic carbocycles. The smallest absolute Gasteiger partial charge is 0.255 e. The summed E-state index contributed by atoms with van der Waals surface area (Å²) < 4.78 is 10.6. The number of fused-ring (bicyclic) bond motifs is 1. The van der Waals surface area contributed by atoms with Crippen LogP contribution in [0.15, 0.2) is 53.0 Å². The molecule has 132 valence electrons. The van der Waals surface area contributed by atoms with Gasteiger partial charge in [-0.05, 0) is 42.0 Å². The summed E-state index contributed by atoms with van der Waals surface area (Å²) in [6.45, 7) is 1.60. The second kappa shape index (κ2) is 7.52. The summed E-state index contributed by atoms with van der Waals surface area (Å²) in [5.41, 5.74) is 7.83. The van der Waals surface area contributed by atoms with Gasteiger partial charge in [-0.3, -0.25) is 9.59 Å². The number of oxazole rings is 1. The minimum Gasteiger partial charge on any atom is -0.484 e. The van der Waals surface area contributed by atoms with E-state index in [1.54, 1.807) is 55.5 Å². The first-order valence-electron chi connectivity index (χ1n) is 7.87. The van der Waals surface area contributed by atoms with Crippen molar-refractivity contribution >= 4 is 34.7 Å². The number of nitrogens with two attached hydrogens (primary N) is 1. The van der Waals surface area contributed by atoms with E-state index in [4.69, 9.17) is 14.9 Å². The van der Waals surface area contributed by atoms with Gasteiger partial charge in [0.1, 0.15) is 11.3 Å². The summed E-state index contributed by atoms with van der Waals surface area (Å²) in [5, 5.41) is 2.77. The van der Waals surface area contributed by atoms with Crippen LogP contribution in [0, 0.1) is 6.92 Å². The van der Waals surface area contributed by atoms with E-state index in [1.807, 2.05) is 0 Å². The van der Waals surface area contributed by atoms with E-state index in [1.165, 1.54) is 6.08 Å². The first kappa shape index (κ1) is 17.2. The molecule has 0 aliphatic heterocycles. The van der Waals surface area contributed by atoms with Gasteiger partial charge in [0.2, 0.25) is 5.91 Å². The molecule has 1 aromatic heterocycles. The quantitative estimate of drug-likeness (QED) is 0.664. The lowest BCUT2D eigenvalue weighted by Gasteiger charge is -2.03. The highest BCUT2D eigenvalue weighted by Crippen LogP contribution is 2.19. The van der Waals surface area contributed by atoms with E-state index in [9.17, 15) is 9.59 Å². The molecule has 7 nitrogen and oxygen atoms in total. The van der Waals surface area contributed by atoms with Crippen LogP contribution >= 0.6 is 0 Å². The van der Waals surface area contributed by atoms with Crippen molar-refractivity contribution in [1.29, 1.82) is 0 Å². The second-order valence-electron chi connectivity index (χ2n) is 5.56. The van der Waals surface area contributed by atoms with Gasteiger partial charge in [0.05, 0.1) is 0 Å². The van der Waals surface area contributed by atoms with Gasteiger partial charge in [-0.15, -0.1) is 0 Å². The Labute approximate surface area is 149 Å². The van der Waals surface area contributed by atoms with Gasteiger partial charge in [0.15, 0.2) is 18.1 Å². The molecule has 2 amide bonds. The van der Waals surface area contributed by atoms with Gasteiger partial charge in [0, 0.05) is 18.7 Å². The summed E-state index contributed by atoms with van der Waals surface area (Å²) in [6, 6.07) is 12.2. The molecule has 0 aliphatic carbocycles. The fourth-order valence-corrected chi connectivity index (χ4v) is 2.31. The molecule has 0 fully saturated rings. The Balaban J connectivity index is 1.60. The largest absolute Gasteiger partial charge is 0.484 e. The summed E-state index contributed by atoms with van der Waals surface area (Å²) in [7, 11) is 0. The molecule has 1 heterocycles. The van der Waals surface area contributed by atoms with Gasteiger partial charge in [-0.2, -0.15) is 0 Å². The van der Waals surface area contributed by atoms with Crippen molar-refractivity contribution in [2.45, 2.75) is 6.92 Å². The predicted octanol–water partition coefficient (Wildman–Crippen LogP) is 2.65. The molecule has 0 aliphatic rings. The van der Waals surface area contributed by atoms with Gasteiger partial charge in [-0.25, -0.2) is 4.98 Å². The fraction of sp³-hybridized carbons (Fsp3) is 0.105. The number of aromatic nitrogens is 1. The van der Waals surface area contributed by atoms with E-state index < -0.39 is 5.91 Å². The molecule has 7 heteroatoms. The molecular formula is C19H17N3O4. The number of nitrogens with one attached hydrogen (secondary N) is 1. The zero-order valence-electron chi connectivity index (χ0n) is 14.1. The lowest BCUT2D eigenvalue weighted by Crippen LogP contribution is -2.19. The van der Waals surface area contributed by atoms with Crippen molar-refractivity contribution in [2.24, 2.45) is 5.73 Å². The number of rotatable bonds is 6. The molecule has 26 heavy (non-hydrogen) atoms. The van der Waals surface area contributed by atoms with Gasteiger partial charge in [0.25, 0.3) is 5.91 Å². The van der Waals surface area contributed by atoms with Crippen LogP contribution in [0.25, 0.3) is 17.2 Å². The number of ether oxygens (including phenoxy) is 1. The van der Waals surface area contributed by atoms with Gasteiger partial charge >= 0.3 is 0 Å². The molecule has 0 bridgehead atoms. The Hall–Kier alpha value is -3.61. The Morgan fingerprint density at radius 2 is 2.00 bits per heavy atom. The minimum atomic E-state index is -0.537. The van der Waals surface area contributed by atoms with Crippen LogP contribution in [0.1, 0.15) is 11.5 Å². The maximum absolute atomic E-state index is 12.1. The maximum atomic E-state index is 12.1. The van der Waals surface area contributed by atoms with Crippen LogP contribution in [0.4, 0.5) is 5.69 Å². The predicted molar refractivity (Wildman–Crippen MR) is 97.5 cm³/mol. The Morgan fingerprint density at radius 1 is 1.23 bits per heavy atom. The number of anilines is 1. The highest BCUT2D eigenvalue weighted by atomic mass is 16.5. The Morgan fingerprint density at radius 3 is 2.73 bits per heavy atom.